The fourth-order valence-corrected chi connectivity index (χ4v) is 3.59. The van der Waals surface area contributed by atoms with E-state index in [-0.39, 0.29) is 24.8 Å². The molecule has 2 aromatic carbocycles. The standard InChI is InChI=1S/C25H32Cl2N2O3/c1-5-22(24(31)28-25(2,3)4)29(17-18-9-6-7-10-21(18)27)23(30)11-8-16-32-20-14-12-19(26)13-15-20/h6-7,9-10,12-15,22H,5,8,11,16-17H2,1-4H3,(H,28,31)/t22-/m1/s1. The Morgan fingerprint density at radius 3 is 2.31 bits per heavy atom. The molecule has 0 aromatic heterocycles. The highest BCUT2D eigenvalue weighted by Gasteiger charge is 2.30. The third-order valence-corrected chi connectivity index (χ3v) is 5.42. The van der Waals surface area contributed by atoms with E-state index in [1.54, 1.807) is 35.2 Å². The lowest BCUT2D eigenvalue weighted by molar-refractivity contribution is -0.142. The molecule has 0 saturated heterocycles. The third kappa shape index (κ3) is 8.36. The average molecular weight is 479 g/mol. The van der Waals surface area contributed by atoms with Gasteiger partial charge in [0.2, 0.25) is 11.8 Å². The van der Waals surface area contributed by atoms with Gasteiger partial charge in [-0.25, -0.2) is 0 Å². The van der Waals surface area contributed by atoms with Crippen LogP contribution in [0.4, 0.5) is 0 Å². The van der Waals surface area contributed by atoms with Crippen LogP contribution in [0.1, 0.15) is 52.5 Å². The number of amides is 2. The summed E-state index contributed by atoms with van der Waals surface area (Å²) in [4.78, 5) is 27.8. The second kappa shape index (κ2) is 12.1. The minimum absolute atomic E-state index is 0.111. The molecule has 0 aliphatic rings. The predicted molar refractivity (Wildman–Crippen MR) is 130 cm³/mol. The summed E-state index contributed by atoms with van der Waals surface area (Å²) >= 11 is 12.2. The van der Waals surface area contributed by atoms with Crippen LogP contribution < -0.4 is 10.1 Å². The molecule has 0 aliphatic carbocycles. The smallest absolute Gasteiger partial charge is 0.243 e. The largest absolute Gasteiger partial charge is 0.494 e. The van der Waals surface area contributed by atoms with Crippen LogP contribution >= 0.6 is 23.2 Å². The van der Waals surface area contributed by atoms with Crippen LogP contribution in [-0.4, -0.2) is 34.9 Å². The third-order valence-electron chi connectivity index (χ3n) is 4.80. The molecule has 0 heterocycles. The first-order chi connectivity index (χ1) is 15.1. The van der Waals surface area contributed by atoms with Crippen molar-refractivity contribution in [2.75, 3.05) is 6.61 Å². The van der Waals surface area contributed by atoms with Crippen molar-refractivity contribution in [3.05, 3.63) is 64.1 Å². The zero-order valence-corrected chi connectivity index (χ0v) is 20.7. The summed E-state index contributed by atoms with van der Waals surface area (Å²) in [5.41, 5.74) is 0.415. The number of hydrogen-bond acceptors (Lipinski definition) is 3. The SMILES string of the molecule is CC[C@H](C(=O)NC(C)(C)C)N(Cc1ccccc1Cl)C(=O)CCCOc1ccc(Cl)cc1. The molecule has 0 saturated carbocycles. The van der Waals surface area contributed by atoms with Gasteiger partial charge >= 0.3 is 0 Å². The van der Waals surface area contributed by atoms with Gasteiger partial charge in [-0.1, -0.05) is 48.3 Å². The molecule has 5 nitrogen and oxygen atoms in total. The van der Waals surface area contributed by atoms with Gasteiger partial charge < -0.3 is 15.0 Å². The number of nitrogens with one attached hydrogen (secondary N) is 1. The molecule has 2 aromatic rings. The molecule has 0 spiro atoms. The van der Waals surface area contributed by atoms with Gasteiger partial charge in [0.15, 0.2) is 0 Å². The summed E-state index contributed by atoms with van der Waals surface area (Å²) in [7, 11) is 0. The molecule has 7 heteroatoms. The number of ether oxygens (including phenoxy) is 1. The number of halogens is 2. The molecular weight excluding hydrogens is 447 g/mol. The zero-order valence-electron chi connectivity index (χ0n) is 19.2. The van der Waals surface area contributed by atoms with Crippen molar-refractivity contribution in [2.24, 2.45) is 0 Å². The van der Waals surface area contributed by atoms with E-state index in [9.17, 15) is 9.59 Å². The molecule has 0 unspecified atom stereocenters. The van der Waals surface area contributed by atoms with E-state index < -0.39 is 11.6 Å². The van der Waals surface area contributed by atoms with Crippen molar-refractivity contribution >= 4 is 35.0 Å². The molecule has 0 radical (unpaired) electrons. The first kappa shape index (κ1) is 26.0. The van der Waals surface area contributed by atoms with Crippen molar-refractivity contribution in [2.45, 2.75) is 65.1 Å². The highest BCUT2D eigenvalue weighted by Crippen LogP contribution is 2.21. The second-order valence-corrected chi connectivity index (χ2v) is 9.53. The summed E-state index contributed by atoms with van der Waals surface area (Å²) in [5, 5.41) is 4.21. The quantitative estimate of drug-likeness (QED) is 0.434. The Balaban J connectivity index is 2.09. The molecule has 2 rings (SSSR count). The molecule has 2 amide bonds. The van der Waals surface area contributed by atoms with Gasteiger partial charge in [0, 0.05) is 28.5 Å². The van der Waals surface area contributed by atoms with E-state index >= 15 is 0 Å². The van der Waals surface area contributed by atoms with Crippen molar-refractivity contribution in [3.63, 3.8) is 0 Å². The van der Waals surface area contributed by atoms with E-state index in [4.69, 9.17) is 27.9 Å². The fraction of sp³-hybridized carbons (Fsp3) is 0.440. The van der Waals surface area contributed by atoms with Crippen molar-refractivity contribution in [1.82, 2.24) is 10.2 Å². The van der Waals surface area contributed by atoms with Crippen LogP contribution in [-0.2, 0) is 16.1 Å². The van der Waals surface area contributed by atoms with Gasteiger partial charge in [-0.2, -0.15) is 0 Å². The maximum atomic E-state index is 13.2. The van der Waals surface area contributed by atoms with Crippen molar-refractivity contribution < 1.29 is 14.3 Å². The molecule has 32 heavy (non-hydrogen) atoms. The minimum Gasteiger partial charge on any atom is -0.494 e. The first-order valence-electron chi connectivity index (χ1n) is 10.8. The lowest BCUT2D eigenvalue weighted by atomic mass is 10.0. The van der Waals surface area contributed by atoms with Gasteiger partial charge in [0.05, 0.1) is 6.61 Å². The Hall–Kier alpha value is -2.24. The molecule has 1 atom stereocenters. The number of nitrogens with zero attached hydrogens (tertiary/aromatic N) is 1. The zero-order chi connectivity index (χ0) is 23.7. The summed E-state index contributed by atoms with van der Waals surface area (Å²) in [6.45, 7) is 8.33. The maximum Gasteiger partial charge on any atom is 0.243 e. The number of carbonyl (C=O) groups is 2. The van der Waals surface area contributed by atoms with Crippen molar-refractivity contribution in [1.29, 1.82) is 0 Å². The number of rotatable bonds is 10. The minimum atomic E-state index is -0.588. The maximum absolute atomic E-state index is 13.2. The van der Waals surface area contributed by atoms with Crippen LogP contribution in [0.25, 0.3) is 0 Å². The van der Waals surface area contributed by atoms with E-state index in [1.165, 1.54) is 0 Å². The van der Waals surface area contributed by atoms with Crippen LogP contribution in [0.3, 0.4) is 0 Å². The van der Waals surface area contributed by atoms with Crippen molar-refractivity contribution in [3.8, 4) is 5.75 Å². The molecule has 0 fully saturated rings. The van der Waals surface area contributed by atoms with Gasteiger partial charge in [0.25, 0.3) is 0 Å². The highest BCUT2D eigenvalue weighted by molar-refractivity contribution is 6.31. The molecule has 1 N–H and O–H groups in total. The molecule has 0 bridgehead atoms. The van der Waals surface area contributed by atoms with Crippen LogP contribution in [0.5, 0.6) is 5.75 Å². The van der Waals surface area contributed by atoms with Crippen LogP contribution in [0.15, 0.2) is 48.5 Å². The normalized spacial score (nSPS) is 12.2. The molecule has 0 aliphatic heterocycles. The van der Waals surface area contributed by atoms with Gasteiger partial charge in [0.1, 0.15) is 11.8 Å². The predicted octanol–water partition coefficient (Wildman–Crippen LogP) is 5.87. The monoisotopic (exact) mass is 478 g/mol. The van der Waals surface area contributed by atoms with E-state index in [0.29, 0.717) is 35.2 Å². The Morgan fingerprint density at radius 2 is 1.72 bits per heavy atom. The first-order valence-corrected chi connectivity index (χ1v) is 11.6. The van der Waals surface area contributed by atoms with Crippen LogP contribution in [0, 0.1) is 0 Å². The Morgan fingerprint density at radius 1 is 1.06 bits per heavy atom. The van der Waals surface area contributed by atoms with Gasteiger partial charge in [-0.3, -0.25) is 9.59 Å². The topological polar surface area (TPSA) is 58.6 Å². The Labute approximate surface area is 201 Å². The average Bonchev–Trinajstić information content (AvgIpc) is 2.72. The summed E-state index contributed by atoms with van der Waals surface area (Å²) < 4.78 is 5.70. The summed E-state index contributed by atoms with van der Waals surface area (Å²) in [6, 6.07) is 13.9. The molecule has 174 valence electrons. The number of carbonyl (C=O) groups excluding carboxylic acids is 2. The van der Waals surface area contributed by atoms with Crippen LogP contribution in [0.2, 0.25) is 10.0 Å². The van der Waals surface area contributed by atoms with E-state index in [2.05, 4.69) is 5.32 Å². The van der Waals surface area contributed by atoms with Gasteiger partial charge in [-0.15, -0.1) is 0 Å². The van der Waals surface area contributed by atoms with Gasteiger partial charge in [-0.05, 0) is 69.5 Å². The highest BCUT2D eigenvalue weighted by atomic mass is 35.5. The second-order valence-electron chi connectivity index (χ2n) is 8.68. The number of benzene rings is 2. The lowest BCUT2D eigenvalue weighted by Crippen LogP contribution is -2.53. The fourth-order valence-electron chi connectivity index (χ4n) is 3.27. The Bertz CT molecular complexity index is 895. The van der Waals surface area contributed by atoms with E-state index in [1.807, 2.05) is 45.9 Å². The lowest BCUT2D eigenvalue weighted by Gasteiger charge is -2.33. The summed E-state index contributed by atoms with van der Waals surface area (Å²) in [5.74, 6) is 0.420. The van der Waals surface area contributed by atoms with E-state index in [0.717, 1.165) is 5.56 Å². The number of hydrogen-bond donors (Lipinski definition) is 1. The Kier molecular flexibility index (Phi) is 9.85. The molecular formula is C25H32Cl2N2O3. The summed E-state index contributed by atoms with van der Waals surface area (Å²) in [6.07, 6.45) is 1.29.